The number of hydrogen-bond donors (Lipinski definition) is 0. The average molecular weight is 316 g/mol. The molecule has 0 fully saturated rings. The summed E-state index contributed by atoms with van der Waals surface area (Å²) < 4.78 is 31.9. The number of ether oxygens (including phenoxy) is 1. The molecule has 0 saturated carbocycles. The van der Waals surface area contributed by atoms with Gasteiger partial charge >= 0.3 is 6.61 Å². The van der Waals surface area contributed by atoms with Crippen LogP contribution < -0.4 is 4.74 Å². The highest BCUT2D eigenvalue weighted by atomic mass is 19.3. The van der Waals surface area contributed by atoms with Crippen molar-refractivity contribution in [2.75, 3.05) is 0 Å². The molecule has 0 spiro atoms. The molecule has 1 aromatic carbocycles. The van der Waals surface area contributed by atoms with Crippen molar-refractivity contribution in [3.63, 3.8) is 0 Å². The van der Waals surface area contributed by atoms with Crippen molar-refractivity contribution in [2.24, 2.45) is 7.05 Å². The summed E-state index contributed by atoms with van der Waals surface area (Å²) in [6.45, 7) is -2.85. The monoisotopic (exact) mass is 316 g/mol. The van der Waals surface area contributed by atoms with Crippen molar-refractivity contribution in [1.82, 2.24) is 29.4 Å². The standard InChI is InChI=1S/C14H10F2N6O/c1-21-12-10(6-18-21)13-19-11(20-22(13)7-17-12)8-2-4-9(5-3-8)23-14(15)16/h2-7,14H,1H3. The second kappa shape index (κ2) is 4.97. The predicted octanol–water partition coefficient (Wildman–Crippen LogP) is 2.28. The van der Waals surface area contributed by atoms with Gasteiger partial charge in [-0.2, -0.15) is 13.9 Å². The van der Waals surface area contributed by atoms with Gasteiger partial charge in [-0.15, -0.1) is 5.10 Å². The van der Waals surface area contributed by atoms with Gasteiger partial charge in [0.25, 0.3) is 0 Å². The molecule has 0 atom stereocenters. The molecular weight excluding hydrogens is 306 g/mol. The first-order chi connectivity index (χ1) is 11.1. The molecule has 4 rings (SSSR count). The topological polar surface area (TPSA) is 70.1 Å². The van der Waals surface area contributed by atoms with Crippen LogP contribution in [0.4, 0.5) is 8.78 Å². The van der Waals surface area contributed by atoms with Gasteiger partial charge < -0.3 is 4.74 Å². The molecule has 3 heterocycles. The highest BCUT2D eigenvalue weighted by Gasteiger charge is 2.12. The Morgan fingerprint density at radius 3 is 2.65 bits per heavy atom. The van der Waals surface area contributed by atoms with Crippen LogP contribution >= 0.6 is 0 Å². The van der Waals surface area contributed by atoms with Gasteiger partial charge in [0.2, 0.25) is 0 Å². The van der Waals surface area contributed by atoms with Crippen LogP contribution in [0.2, 0.25) is 0 Å². The second-order valence-electron chi connectivity index (χ2n) is 4.86. The number of benzene rings is 1. The van der Waals surface area contributed by atoms with Crippen LogP contribution in [-0.4, -0.2) is 36.0 Å². The number of alkyl halides is 2. The first-order valence-corrected chi connectivity index (χ1v) is 6.70. The average Bonchev–Trinajstić information content (AvgIpc) is 3.11. The summed E-state index contributed by atoms with van der Waals surface area (Å²) in [5.41, 5.74) is 2.02. The highest BCUT2D eigenvalue weighted by molar-refractivity contribution is 5.88. The Kier molecular flexibility index (Phi) is 2.93. The molecule has 116 valence electrons. The van der Waals surface area contributed by atoms with Crippen molar-refractivity contribution in [1.29, 1.82) is 0 Å². The van der Waals surface area contributed by atoms with E-state index in [-0.39, 0.29) is 5.75 Å². The number of nitrogens with zero attached hydrogens (tertiary/aromatic N) is 6. The third-order valence-corrected chi connectivity index (χ3v) is 3.41. The predicted molar refractivity (Wildman–Crippen MR) is 77.1 cm³/mol. The van der Waals surface area contributed by atoms with Crippen molar-refractivity contribution in [3.8, 4) is 17.1 Å². The van der Waals surface area contributed by atoms with E-state index < -0.39 is 6.61 Å². The van der Waals surface area contributed by atoms with Crippen molar-refractivity contribution < 1.29 is 13.5 Å². The molecule has 0 saturated heterocycles. The van der Waals surface area contributed by atoms with Crippen LogP contribution in [0.25, 0.3) is 28.1 Å². The Hall–Kier alpha value is -3.10. The smallest absolute Gasteiger partial charge is 0.387 e. The zero-order chi connectivity index (χ0) is 16.0. The maximum absolute atomic E-state index is 12.2. The van der Waals surface area contributed by atoms with E-state index in [1.807, 2.05) is 0 Å². The number of rotatable bonds is 3. The van der Waals surface area contributed by atoms with Gasteiger partial charge in [-0.3, -0.25) is 4.68 Å². The minimum atomic E-state index is -2.85. The molecule has 4 aromatic rings. The maximum atomic E-state index is 12.2. The molecule has 23 heavy (non-hydrogen) atoms. The molecule has 3 aromatic heterocycles. The number of aromatic nitrogens is 6. The summed E-state index contributed by atoms with van der Waals surface area (Å²) in [4.78, 5) is 8.76. The van der Waals surface area contributed by atoms with Crippen molar-refractivity contribution in [2.45, 2.75) is 6.61 Å². The van der Waals surface area contributed by atoms with E-state index in [9.17, 15) is 8.78 Å². The molecule has 9 heteroatoms. The normalized spacial score (nSPS) is 11.7. The number of fused-ring (bicyclic) bond motifs is 3. The van der Waals surface area contributed by atoms with Gasteiger partial charge in [-0.25, -0.2) is 14.5 Å². The van der Waals surface area contributed by atoms with E-state index in [1.165, 1.54) is 12.1 Å². The first kappa shape index (κ1) is 13.6. The minimum Gasteiger partial charge on any atom is -0.435 e. The second-order valence-corrected chi connectivity index (χ2v) is 4.86. The van der Waals surface area contributed by atoms with Gasteiger partial charge in [-0.1, -0.05) is 0 Å². The fourth-order valence-corrected chi connectivity index (χ4v) is 2.35. The molecule has 0 radical (unpaired) electrons. The number of hydrogen-bond acceptors (Lipinski definition) is 5. The van der Waals surface area contributed by atoms with E-state index in [0.717, 1.165) is 5.39 Å². The van der Waals surface area contributed by atoms with Crippen LogP contribution in [0.1, 0.15) is 0 Å². The zero-order valence-electron chi connectivity index (χ0n) is 11.9. The summed E-state index contributed by atoms with van der Waals surface area (Å²) in [6.07, 6.45) is 3.24. The largest absolute Gasteiger partial charge is 0.435 e. The molecule has 0 aliphatic heterocycles. The lowest BCUT2D eigenvalue weighted by atomic mass is 10.2. The Labute approximate surface area is 128 Å². The fraction of sp³-hybridized carbons (Fsp3) is 0.143. The third kappa shape index (κ3) is 2.26. The first-order valence-electron chi connectivity index (χ1n) is 6.70. The van der Waals surface area contributed by atoms with Gasteiger partial charge in [0.1, 0.15) is 12.1 Å². The van der Waals surface area contributed by atoms with Crippen LogP contribution in [0, 0.1) is 0 Å². The summed E-state index contributed by atoms with van der Waals surface area (Å²) in [6, 6.07) is 6.15. The van der Waals surface area contributed by atoms with Gasteiger partial charge in [-0.05, 0) is 24.3 Å². The number of aryl methyl sites for hydroxylation is 1. The summed E-state index contributed by atoms with van der Waals surface area (Å²) in [5, 5.41) is 9.29. The summed E-state index contributed by atoms with van der Waals surface area (Å²) in [7, 11) is 1.80. The SMILES string of the molecule is Cn1ncc2c1ncn1nc(-c3ccc(OC(F)F)cc3)nc21. The van der Waals surface area contributed by atoms with E-state index in [4.69, 9.17) is 0 Å². The number of halogens is 2. The molecule has 7 nitrogen and oxygen atoms in total. The lowest BCUT2D eigenvalue weighted by Crippen LogP contribution is -2.01. The molecular formula is C14H10F2N6O. The van der Waals surface area contributed by atoms with E-state index in [1.54, 1.807) is 40.9 Å². The van der Waals surface area contributed by atoms with Crippen molar-refractivity contribution in [3.05, 3.63) is 36.8 Å². The lowest BCUT2D eigenvalue weighted by molar-refractivity contribution is -0.0498. The lowest BCUT2D eigenvalue weighted by Gasteiger charge is -2.03. The molecule has 0 aliphatic rings. The minimum absolute atomic E-state index is 0.0869. The quantitative estimate of drug-likeness (QED) is 0.580. The molecule has 0 aliphatic carbocycles. The van der Waals surface area contributed by atoms with E-state index in [0.29, 0.717) is 22.7 Å². The van der Waals surface area contributed by atoms with Crippen LogP contribution in [0.5, 0.6) is 5.75 Å². The highest BCUT2D eigenvalue weighted by Crippen LogP contribution is 2.23. The van der Waals surface area contributed by atoms with E-state index in [2.05, 4.69) is 24.9 Å². The van der Waals surface area contributed by atoms with Crippen LogP contribution in [-0.2, 0) is 7.05 Å². The fourth-order valence-electron chi connectivity index (χ4n) is 2.35. The molecule has 0 amide bonds. The Balaban J connectivity index is 1.78. The Morgan fingerprint density at radius 1 is 1.13 bits per heavy atom. The Morgan fingerprint density at radius 2 is 1.91 bits per heavy atom. The molecule has 0 bridgehead atoms. The zero-order valence-corrected chi connectivity index (χ0v) is 11.9. The van der Waals surface area contributed by atoms with Crippen molar-refractivity contribution >= 4 is 16.7 Å². The van der Waals surface area contributed by atoms with Crippen LogP contribution in [0.3, 0.4) is 0 Å². The van der Waals surface area contributed by atoms with Crippen LogP contribution in [0.15, 0.2) is 36.8 Å². The van der Waals surface area contributed by atoms with Gasteiger partial charge in [0.05, 0.1) is 11.6 Å². The molecule has 0 N–H and O–H groups in total. The van der Waals surface area contributed by atoms with Gasteiger partial charge in [0.15, 0.2) is 17.1 Å². The summed E-state index contributed by atoms with van der Waals surface area (Å²) in [5.74, 6) is 0.551. The maximum Gasteiger partial charge on any atom is 0.387 e. The van der Waals surface area contributed by atoms with Gasteiger partial charge in [0, 0.05) is 12.6 Å². The van der Waals surface area contributed by atoms with E-state index >= 15 is 0 Å². The molecule has 0 unspecified atom stereocenters. The summed E-state index contributed by atoms with van der Waals surface area (Å²) >= 11 is 0. The Bertz CT molecular complexity index is 992. The third-order valence-electron chi connectivity index (χ3n) is 3.41.